The number of nitrogens with one attached hydrogen (secondary N) is 1. The maximum atomic E-state index is 13.1. The van der Waals surface area contributed by atoms with Gasteiger partial charge in [0.05, 0.1) is 22.3 Å². The van der Waals surface area contributed by atoms with Gasteiger partial charge in [-0.15, -0.1) is 0 Å². The normalized spacial score (nSPS) is 14.0. The lowest BCUT2D eigenvalue weighted by Crippen LogP contribution is -2.26. The topological polar surface area (TPSA) is 276 Å². The van der Waals surface area contributed by atoms with Crippen LogP contribution in [-0.2, 0) is 30.4 Å². The quantitative estimate of drug-likeness (QED) is 0.122. The summed E-state index contributed by atoms with van der Waals surface area (Å²) in [6.07, 6.45) is 0. The second-order valence-electron chi connectivity index (χ2n) is 6.59. The van der Waals surface area contributed by atoms with E-state index in [9.17, 15) is 54.2 Å². The molecule has 0 unspecified atom stereocenters. The summed E-state index contributed by atoms with van der Waals surface area (Å²) in [6, 6.07) is 0.790. The first-order valence-electron chi connectivity index (χ1n) is 8.15. The number of nitrogen functional groups attached to an aromatic ring is 1. The first-order chi connectivity index (χ1) is 14.9. The number of aromatic hydroxyl groups is 2. The van der Waals surface area contributed by atoms with Crippen LogP contribution in [0.3, 0.4) is 0 Å². The summed E-state index contributed by atoms with van der Waals surface area (Å²) in [5.41, 5.74) is 0.0251. The molecule has 2 aromatic rings. The molecular weight excluding hydrogens is 512 g/mol. The number of carbonyl (C=O) groups excluding carboxylic acids is 2. The molecule has 33 heavy (non-hydrogen) atoms. The SMILES string of the molecule is Nc1cc(S(=O)(=O)O)c(O)c2c1C(=O)c1c(O)c(S(=O)(=O)O)cc(NCS(=O)(=O)O)c1C2=O. The van der Waals surface area contributed by atoms with Crippen molar-refractivity contribution in [3.8, 4) is 11.5 Å². The fourth-order valence-electron chi connectivity index (χ4n) is 3.19. The van der Waals surface area contributed by atoms with Gasteiger partial charge in [-0.05, 0) is 12.1 Å². The molecule has 3 rings (SSSR count). The standard InChI is InChI=1S/C15H12N2O13S3/c16-4-1-6(32(25,26)27)12(18)10-8(4)14(20)11-9(15(10)21)5(17-3-31(22,23)24)2-7(13(11)19)33(28,29)30/h1-2,17-19H,3,16H2,(H,22,23,24)(H,25,26,27)(H,28,29,30). The van der Waals surface area contributed by atoms with Gasteiger partial charge >= 0.3 is 0 Å². The summed E-state index contributed by atoms with van der Waals surface area (Å²) in [7, 11) is -15.2. The summed E-state index contributed by atoms with van der Waals surface area (Å²) in [5.74, 6) is -7.07. The number of phenolic OH excluding ortho intramolecular Hbond substituents is 2. The minimum atomic E-state index is -5.26. The van der Waals surface area contributed by atoms with Gasteiger partial charge in [0.25, 0.3) is 30.4 Å². The van der Waals surface area contributed by atoms with E-state index in [2.05, 4.69) is 0 Å². The Morgan fingerprint density at radius 2 is 1.15 bits per heavy atom. The van der Waals surface area contributed by atoms with E-state index in [1.165, 1.54) is 0 Å². The van der Waals surface area contributed by atoms with Crippen LogP contribution < -0.4 is 11.1 Å². The van der Waals surface area contributed by atoms with Crippen LogP contribution in [0.4, 0.5) is 11.4 Å². The van der Waals surface area contributed by atoms with Crippen molar-refractivity contribution >= 4 is 53.3 Å². The molecule has 0 radical (unpaired) electrons. The van der Waals surface area contributed by atoms with Crippen LogP contribution >= 0.6 is 0 Å². The summed E-state index contributed by atoms with van der Waals surface area (Å²) in [4.78, 5) is 23.6. The number of benzene rings is 2. The van der Waals surface area contributed by atoms with Crippen molar-refractivity contribution < 1.29 is 58.7 Å². The molecule has 178 valence electrons. The Balaban J connectivity index is 2.48. The fourth-order valence-corrected chi connectivity index (χ4v) is 4.76. The molecule has 0 saturated heterocycles. The molecule has 0 fully saturated rings. The van der Waals surface area contributed by atoms with Crippen LogP contribution in [0.2, 0.25) is 0 Å². The molecule has 18 heteroatoms. The van der Waals surface area contributed by atoms with Gasteiger partial charge in [-0.25, -0.2) is 0 Å². The Hall–Kier alpha value is -3.29. The number of ketones is 2. The van der Waals surface area contributed by atoms with Crippen LogP contribution in [0.15, 0.2) is 21.9 Å². The molecule has 1 aliphatic rings. The second-order valence-corrected chi connectivity index (χ2v) is 10.8. The van der Waals surface area contributed by atoms with E-state index in [1.807, 2.05) is 5.32 Å². The number of hydrogen-bond donors (Lipinski definition) is 7. The minimum absolute atomic E-state index is 0.359. The van der Waals surface area contributed by atoms with Crippen molar-refractivity contribution in [3.63, 3.8) is 0 Å². The summed E-state index contributed by atoms with van der Waals surface area (Å²) < 4.78 is 96.1. The summed E-state index contributed by atoms with van der Waals surface area (Å²) in [5, 5.41) is 22.6. The number of phenols is 2. The lowest BCUT2D eigenvalue weighted by molar-refractivity contribution is 0.0974. The molecule has 0 heterocycles. The molecule has 15 nitrogen and oxygen atoms in total. The maximum absolute atomic E-state index is 13.1. The van der Waals surface area contributed by atoms with Crippen molar-refractivity contribution in [1.29, 1.82) is 0 Å². The Kier molecular flexibility index (Phi) is 5.44. The van der Waals surface area contributed by atoms with Gasteiger partial charge in [0.15, 0.2) is 0 Å². The zero-order valence-electron chi connectivity index (χ0n) is 15.7. The van der Waals surface area contributed by atoms with E-state index in [-0.39, 0.29) is 0 Å². The molecule has 0 aromatic heterocycles. The van der Waals surface area contributed by atoms with Crippen molar-refractivity contribution in [2.45, 2.75) is 9.79 Å². The van der Waals surface area contributed by atoms with Gasteiger partial charge in [-0.2, -0.15) is 25.3 Å². The van der Waals surface area contributed by atoms with Crippen molar-refractivity contribution in [2.24, 2.45) is 0 Å². The molecule has 0 atom stereocenters. The molecule has 2 aromatic carbocycles. The Morgan fingerprint density at radius 3 is 1.61 bits per heavy atom. The van der Waals surface area contributed by atoms with E-state index < -0.39 is 103 Å². The number of hydrogen-bond acceptors (Lipinski definition) is 12. The molecule has 0 aliphatic heterocycles. The maximum Gasteiger partial charge on any atom is 0.298 e. The van der Waals surface area contributed by atoms with E-state index in [4.69, 9.17) is 10.3 Å². The third-order valence-electron chi connectivity index (χ3n) is 4.47. The van der Waals surface area contributed by atoms with Crippen LogP contribution in [0.5, 0.6) is 11.5 Å². The Morgan fingerprint density at radius 1 is 0.727 bits per heavy atom. The first-order valence-corrected chi connectivity index (χ1v) is 12.6. The molecule has 1 aliphatic carbocycles. The second kappa shape index (κ2) is 7.37. The van der Waals surface area contributed by atoms with Gasteiger partial charge in [0.1, 0.15) is 27.2 Å². The summed E-state index contributed by atoms with van der Waals surface area (Å²) >= 11 is 0. The highest BCUT2D eigenvalue weighted by Gasteiger charge is 2.42. The Bertz CT molecular complexity index is 1590. The molecule has 8 N–H and O–H groups in total. The highest BCUT2D eigenvalue weighted by molar-refractivity contribution is 7.86. The molecule has 0 saturated carbocycles. The van der Waals surface area contributed by atoms with Crippen molar-refractivity contribution in [3.05, 3.63) is 34.4 Å². The third-order valence-corrected chi connectivity index (χ3v) is 6.71. The van der Waals surface area contributed by atoms with Crippen LogP contribution in [0.25, 0.3) is 0 Å². The smallest absolute Gasteiger partial charge is 0.298 e. The van der Waals surface area contributed by atoms with Gasteiger partial charge in [-0.1, -0.05) is 0 Å². The van der Waals surface area contributed by atoms with Crippen LogP contribution in [-0.4, -0.2) is 66.6 Å². The van der Waals surface area contributed by atoms with E-state index in [0.29, 0.717) is 12.1 Å². The van der Waals surface area contributed by atoms with Crippen molar-refractivity contribution in [1.82, 2.24) is 0 Å². The monoisotopic (exact) mass is 524 g/mol. The van der Waals surface area contributed by atoms with Crippen molar-refractivity contribution in [2.75, 3.05) is 16.9 Å². The van der Waals surface area contributed by atoms with Gasteiger partial charge in [0, 0.05) is 11.4 Å². The summed E-state index contributed by atoms with van der Waals surface area (Å²) in [6.45, 7) is 0. The highest BCUT2D eigenvalue weighted by Crippen LogP contribution is 2.46. The van der Waals surface area contributed by atoms with Gasteiger partial charge in [-0.3, -0.25) is 23.2 Å². The molecule has 0 spiro atoms. The highest BCUT2D eigenvalue weighted by atomic mass is 32.2. The third kappa shape index (κ3) is 4.10. The molecular formula is C15H12N2O13S3. The number of anilines is 2. The van der Waals surface area contributed by atoms with Crippen LogP contribution in [0, 0.1) is 0 Å². The number of carbonyl (C=O) groups is 2. The average molecular weight is 524 g/mol. The number of fused-ring (bicyclic) bond motifs is 2. The van der Waals surface area contributed by atoms with E-state index in [1.54, 1.807) is 0 Å². The van der Waals surface area contributed by atoms with Crippen LogP contribution in [0.1, 0.15) is 31.8 Å². The first kappa shape index (κ1) is 24.4. The van der Waals surface area contributed by atoms with E-state index >= 15 is 0 Å². The zero-order valence-corrected chi connectivity index (χ0v) is 18.1. The van der Waals surface area contributed by atoms with Gasteiger partial charge in [0.2, 0.25) is 11.6 Å². The predicted molar refractivity (Wildman–Crippen MR) is 107 cm³/mol. The van der Waals surface area contributed by atoms with Gasteiger partial charge < -0.3 is 21.3 Å². The molecule has 0 bridgehead atoms. The number of rotatable bonds is 5. The fraction of sp³-hybridized carbons (Fsp3) is 0.0667. The predicted octanol–water partition coefficient (Wildman–Crippen LogP) is -0.794. The number of nitrogens with two attached hydrogens (primary N) is 1. The van der Waals surface area contributed by atoms with E-state index in [0.717, 1.165) is 0 Å². The zero-order chi connectivity index (χ0) is 25.3. The lowest BCUT2D eigenvalue weighted by Gasteiger charge is -2.24. The Labute approximate surface area is 184 Å². The largest absolute Gasteiger partial charge is 0.506 e. The molecule has 0 amide bonds. The minimum Gasteiger partial charge on any atom is -0.506 e. The average Bonchev–Trinajstić information content (AvgIpc) is 2.63. The lowest BCUT2D eigenvalue weighted by atomic mass is 9.81.